The number of anilines is 3. The molecule has 5 aromatic rings. The molecule has 0 radical (unpaired) electrons. The van der Waals surface area contributed by atoms with Crippen LogP contribution in [0.4, 0.5) is 17.1 Å². The third-order valence-corrected chi connectivity index (χ3v) is 7.33. The molecule has 0 spiro atoms. The summed E-state index contributed by atoms with van der Waals surface area (Å²) < 4.78 is 1.83. The second-order valence-corrected chi connectivity index (χ2v) is 10.1. The highest BCUT2D eigenvalue weighted by molar-refractivity contribution is 6.05. The molecule has 8 heteroatoms. The Bertz CT molecular complexity index is 1600. The Morgan fingerprint density at radius 1 is 0.821 bits per heavy atom. The van der Waals surface area contributed by atoms with Crippen molar-refractivity contribution in [2.75, 3.05) is 28.6 Å². The van der Waals surface area contributed by atoms with Crippen LogP contribution in [0.3, 0.4) is 0 Å². The second kappa shape index (κ2) is 10.5. The van der Waals surface area contributed by atoms with E-state index in [1.54, 1.807) is 24.7 Å². The van der Waals surface area contributed by atoms with Gasteiger partial charge in [0.05, 0.1) is 23.0 Å². The molecule has 1 aliphatic heterocycles. The van der Waals surface area contributed by atoms with Crippen molar-refractivity contribution in [3.8, 4) is 5.69 Å². The minimum Gasteiger partial charge on any atom is -0.372 e. The van der Waals surface area contributed by atoms with E-state index < -0.39 is 0 Å². The van der Waals surface area contributed by atoms with E-state index in [1.165, 1.54) is 18.5 Å². The number of aromatic nitrogens is 3. The summed E-state index contributed by atoms with van der Waals surface area (Å²) in [6.07, 6.45) is 7.56. The van der Waals surface area contributed by atoms with E-state index in [2.05, 4.69) is 32.5 Å². The van der Waals surface area contributed by atoms with Crippen molar-refractivity contribution in [3.05, 3.63) is 103 Å². The van der Waals surface area contributed by atoms with Gasteiger partial charge >= 0.3 is 0 Å². The van der Waals surface area contributed by atoms with Gasteiger partial charge in [0, 0.05) is 53.5 Å². The Hall–Kier alpha value is -4.85. The largest absolute Gasteiger partial charge is 0.372 e. The maximum Gasteiger partial charge on any atom is 0.257 e. The predicted molar refractivity (Wildman–Crippen MR) is 155 cm³/mol. The summed E-state index contributed by atoms with van der Waals surface area (Å²) in [5, 5.41) is 11.3. The van der Waals surface area contributed by atoms with Crippen LogP contribution in [0.1, 0.15) is 40.5 Å². The van der Waals surface area contributed by atoms with Gasteiger partial charge < -0.3 is 20.5 Å². The molecule has 196 valence electrons. The average Bonchev–Trinajstić information content (AvgIpc) is 3.65. The number of piperidine rings is 1. The Labute approximate surface area is 226 Å². The smallest absolute Gasteiger partial charge is 0.257 e. The molecule has 0 bridgehead atoms. The number of benzene rings is 3. The lowest BCUT2D eigenvalue weighted by Gasteiger charge is -2.32. The van der Waals surface area contributed by atoms with Gasteiger partial charge in [0.25, 0.3) is 11.8 Å². The fraction of sp³-hybridized carbons (Fsp3) is 0.194. The van der Waals surface area contributed by atoms with E-state index in [4.69, 9.17) is 0 Å². The first-order chi connectivity index (χ1) is 19.0. The zero-order valence-corrected chi connectivity index (χ0v) is 21.7. The number of fused-ring (bicyclic) bond motifs is 1. The molecule has 1 saturated heterocycles. The standard InChI is InChI=1S/C31H30N6O2/c1-21-13-16-36(17-14-21)27-7-2-22(3-8-27)30(38)35-26-6-11-29-24(18-26)20-33-37(29)28-9-4-25(5-10-28)34-31(39)23-12-15-32-19-23/h2-12,15,18-21,32H,13-14,16-17H2,1H3,(H,34,39)(H,35,38). The third kappa shape index (κ3) is 5.27. The van der Waals surface area contributed by atoms with E-state index in [0.29, 0.717) is 22.5 Å². The van der Waals surface area contributed by atoms with Crippen molar-refractivity contribution in [1.29, 1.82) is 0 Å². The predicted octanol–water partition coefficient (Wildman–Crippen LogP) is 6.09. The van der Waals surface area contributed by atoms with Crippen molar-refractivity contribution in [2.45, 2.75) is 19.8 Å². The molecular formula is C31H30N6O2. The van der Waals surface area contributed by atoms with Crippen molar-refractivity contribution in [3.63, 3.8) is 0 Å². The molecule has 3 aromatic carbocycles. The highest BCUT2D eigenvalue weighted by atomic mass is 16.2. The van der Waals surface area contributed by atoms with Crippen LogP contribution in [-0.2, 0) is 0 Å². The van der Waals surface area contributed by atoms with Gasteiger partial charge in [-0.1, -0.05) is 6.92 Å². The van der Waals surface area contributed by atoms with Crippen LogP contribution < -0.4 is 15.5 Å². The van der Waals surface area contributed by atoms with Gasteiger partial charge in [0.1, 0.15) is 0 Å². The lowest BCUT2D eigenvalue weighted by atomic mass is 9.98. The molecule has 8 nitrogen and oxygen atoms in total. The molecule has 1 aliphatic rings. The van der Waals surface area contributed by atoms with Crippen molar-refractivity contribution < 1.29 is 9.59 Å². The molecule has 2 amide bonds. The molecular weight excluding hydrogens is 488 g/mol. The number of rotatable bonds is 6. The highest BCUT2D eigenvalue weighted by Gasteiger charge is 2.17. The Morgan fingerprint density at radius 3 is 2.21 bits per heavy atom. The summed E-state index contributed by atoms with van der Waals surface area (Å²) in [6, 6.07) is 22.8. The molecule has 1 fully saturated rings. The maximum absolute atomic E-state index is 12.9. The van der Waals surface area contributed by atoms with E-state index in [1.807, 2.05) is 71.4 Å². The van der Waals surface area contributed by atoms with E-state index in [-0.39, 0.29) is 11.8 Å². The molecule has 0 saturated carbocycles. The number of hydrogen-bond donors (Lipinski definition) is 3. The first kappa shape index (κ1) is 24.5. The molecule has 0 atom stereocenters. The lowest BCUT2D eigenvalue weighted by Crippen LogP contribution is -2.32. The molecule has 6 rings (SSSR count). The summed E-state index contributed by atoms with van der Waals surface area (Å²) in [6.45, 7) is 4.43. The van der Waals surface area contributed by atoms with Crippen molar-refractivity contribution >= 4 is 39.8 Å². The number of amides is 2. The minimum atomic E-state index is -0.171. The van der Waals surface area contributed by atoms with Crippen molar-refractivity contribution in [2.24, 2.45) is 5.92 Å². The SMILES string of the molecule is CC1CCN(c2ccc(C(=O)Nc3ccc4c(cnn4-c4ccc(NC(=O)c5cc[nH]c5)cc4)c3)cc2)CC1. The van der Waals surface area contributed by atoms with E-state index in [9.17, 15) is 9.59 Å². The zero-order chi connectivity index (χ0) is 26.8. The van der Waals surface area contributed by atoms with Gasteiger partial charge in [0.15, 0.2) is 0 Å². The first-order valence-electron chi connectivity index (χ1n) is 13.2. The fourth-order valence-electron chi connectivity index (χ4n) is 4.96. The van der Waals surface area contributed by atoms with Crippen molar-refractivity contribution in [1.82, 2.24) is 14.8 Å². The monoisotopic (exact) mass is 518 g/mol. The quantitative estimate of drug-likeness (QED) is 0.253. The van der Waals surface area contributed by atoms with Gasteiger partial charge in [-0.05, 0) is 91.6 Å². The molecule has 3 heterocycles. The number of aromatic amines is 1. The average molecular weight is 519 g/mol. The van der Waals surface area contributed by atoms with Gasteiger partial charge in [0.2, 0.25) is 0 Å². The summed E-state index contributed by atoms with van der Waals surface area (Å²) in [5.74, 6) is 0.472. The van der Waals surface area contributed by atoms with Crippen LogP contribution >= 0.6 is 0 Å². The summed E-state index contributed by atoms with van der Waals surface area (Å²) >= 11 is 0. The lowest BCUT2D eigenvalue weighted by molar-refractivity contribution is 0.101. The Balaban J connectivity index is 1.12. The first-order valence-corrected chi connectivity index (χ1v) is 13.2. The van der Waals surface area contributed by atoms with E-state index >= 15 is 0 Å². The molecule has 0 aliphatic carbocycles. The number of nitrogens with one attached hydrogen (secondary N) is 3. The molecule has 2 aromatic heterocycles. The maximum atomic E-state index is 12.9. The topological polar surface area (TPSA) is 95.1 Å². The van der Waals surface area contributed by atoms with Crippen LogP contribution in [0.15, 0.2) is 91.4 Å². The number of carbonyl (C=O) groups excluding carboxylic acids is 2. The third-order valence-electron chi connectivity index (χ3n) is 7.33. The summed E-state index contributed by atoms with van der Waals surface area (Å²) in [7, 11) is 0. The zero-order valence-electron chi connectivity index (χ0n) is 21.7. The minimum absolute atomic E-state index is 0.141. The van der Waals surface area contributed by atoms with Crippen LogP contribution in [0.5, 0.6) is 0 Å². The van der Waals surface area contributed by atoms with Crippen LogP contribution in [0.25, 0.3) is 16.6 Å². The highest BCUT2D eigenvalue weighted by Crippen LogP contribution is 2.25. The van der Waals surface area contributed by atoms with Crippen LogP contribution in [0, 0.1) is 5.92 Å². The number of carbonyl (C=O) groups is 2. The molecule has 3 N–H and O–H groups in total. The number of nitrogens with zero attached hydrogens (tertiary/aromatic N) is 3. The number of hydrogen-bond acceptors (Lipinski definition) is 4. The van der Waals surface area contributed by atoms with E-state index in [0.717, 1.165) is 35.6 Å². The second-order valence-electron chi connectivity index (χ2n) is 10.1. The summed E-state index contributed by atoms with van der Waals surface area (Å²) in [4.78, 5) is 30.5. The molecule has 0 unspecified atom stereocenters. The Morgan fingerprint density at radius 2 is 1.49 bits per heavy atom. The van der Waals surface area contributed by atoms with Gasteiger partial charge in [-0.3, -0.25) is 9.59 Å². The van der Waals surface area contributed by atoms with Gasteiger partial charge in [-0.25, -0.2) is 4.68 Å². The number of H-pyrrole nitrogens is 1. The molecule has 39 heavy (non-hydrogen) atoms. The summed E-state index contributed by atoms with van der Waals surface area (Å²) in [5.41, 5.74) is 5.56. The normalized spacial score (nSPS) is 13.9. The van der Waals surface area contributed by atoms with Gasteiger partial charge in [-0.2, -0.15) is 5.10 Å². The van der Waals surface area contributed by atoms with Crippen LogP contribution in [0.2, 0.25) is 0 Å². The Kier molecular flexibility index (Phi) is 6.59. The fourth-order valence-corrected chi connectivity index (χ4v) is 4.96. The van der Waals surface area contributed by atoms with Crippen LogP contribution in [-0.4, -0.2) is 39.7 Å². The van der Waals surface area contributed by atoms with Gasteiger partial charge in [-0.15, -0.1) is 0 Å².